The van der Waals surface area contributed by atoms with Crippen molar-refractivity contribution in [3.05, 3.63) is 105 Å². The van der Waals surface area contributed by atoms with E-state index in [4.69, 9.17) is 17.0 Å². The first-order valence-electron chi connectivity index (χ1n) is 10.4. The maximum absolute atomic E-state index is 13.1. The third-order valence-electron chi connectivity index (χ3n) is 5.17. The molecule has 1 aliphatic rings. The Labute approximate surface area is 209 Å². The predicted molar refractivity (Wildman–Crippen MR) is 133 cm³/mol. The van der Waals surface area contributed by atoms with Crippen LogP contribution in [0.25, 0.3) is 6.08 Å². The number of thiocarbonyl (C=S) groups is 1. The second kappa shape index (κ2) is 10.2. The van der Waals surface area contributed by atoms with Gasteiger partial charge in [-0.2, -0.15) is 0 Å². The van der Waals surface area contributed by atoms with Crippen LogP contribution in [0, 0.1) is 10.1 Å². The lowest BCUT2D eigenvalue weighted by molar-refractivity contribution is -0.384. The van der Waals surface area contributed by atoms with Crippen molar-refractivity contribution >= 4 is 52.6 Å². The number of nitro groups is 1. The van der Waals surface area contributed by atoms with Crippen molar-refractivity contribution in [3.8, 4) is 5.75 Å². The van der Waals surface area contributed by atoms with Gasteiger partial charge in [-0.1, -0.05) is 30.3 Å². The van der Waals surface area contributed by atoms with Gasteiger partial charge in [0.2, 0.25) is 0 Å². The van der Waals surface area contributed by atoms with Gasteiger partial charge in [0.05, 0.1) is 16.2 Å². The van der Waals surface area contributed by atoms with E-state index >= 15 is 0 Å². The van der Waals surface area contributed by atoms with E-state index in [1.807, 2.05) is 0 Å². The first kappa shape index (κ1) is 24.2. The maximum atomic E-state index is 13.1. The number of carbonyl (C=O) groups is 3. The van der Waals surface area contributed by atoms with Crippen LogP contribution in [-0.4, -0.2) is 32.9 Å². The van der Waals surface area contributed by atoms with Gasteiger partial charge < -0.3 is 9.84 Å². The van der Waals surface area contributed by atoms with Crippen molar-refractivity contribution in [3.63, 3.8) is 0 Å². The summed E-state index contributed by atoms with van der Waals surface area (Å²) in [6.45, 7) is 0.116. The van der Waals surface area contributed by atoms with Gasteiger partial charge in [0.25, 0.3) is 17.5 Å². The minimum atomic E-state index is -1.17. The van der Waals surface area contributed by atoms with Crippen molar-refractivity contribution in [1.82, 2.24) is 5.32 Å². The summed E-state index contributed by atoms with van der Waals surface area (Å²) in [7, 11) is 0. The maximum Gasteiger partial charge on any atom is 0.335 e. The highest BCUT2D eigenvalue weighted by molar-refractivity contribution is 7.80. The molecule has 0 bridgehead atoms. The number of ether oxygens (including phenoxy) is 1. The number of amides is 2. The van der Waals surface area contributed by atoms with Gasteiger partial charge in [-0.05, 0) is 59.8 Å². The molecule has 3 aromatic carbocycles. The third-order valence-corrected chi connectivity index (χ3v) is 5.46. The Bertz CT molecular complexity index is 1430. The summed E-state index contributed by atoms with van der Waals surface area (Å²) < 4.78 is 5.67. The number of hydrogen-bond acceptors (Lipinski definition) is 7. The van der Waals surface area contributed by atoms with Crippen molar-refractivity contribution in [1.29, 1.82) is 0 Å². The Kier molecular flexibility index (Phi) is 6.84. The average molecular weight is 503 g/mol. The van der Waals surface area contributed by atoms with Gasteiger partial charge in [0.15, 0.2) is 5.11 Å². The van der Waals surface area contributed by atoms with Crippen LogP contribution in [0.1, 0.15) is 21.5 Å². The fourth-order valence-corrected chi connectivity index (χ4v) is 3.70. The monoisotopic (exact) mass is 503 g/mol. The average Bonchev–Trinajstić information content (AvgIpc) is 2.86. The number of carbonyl (C=O) groups excluding carboxylic acids is 2. The number of non-ortho nitro benzene ring substituents is 1. The van der Waals surface area contributed by atoms with Crippen LogP contribution in [0.3, 0.4) is 0 Å². The molecule has 0 aliphatic carbocycles. The van der Waals surface area contributed by atoms with E-state index < -0.39 is 22.7 Å². The number of anilines is 1. The Balaban J connectivity index is 1.51. The summed E-state index contributed by atoms with van der Waals surface area (Å²) in [5.41, 5.74) is 1.12. The van der Waals surface area contributed by atoms with E-state index in [0.717, 1.165) is 4.90 Å². The molecule has 0 atom stereocenters. The summed E-state index contributed by atoms with van der Waals surface area (Å²) in [6.07, 6.45) is 1.39. The van der Waals surface area contributed by atoms with E-state index in [9.17, 15) is 29.6 Å². The Morgan fingerprint density at radius 1 is 1.08 bits per heavy atom. The fraction of sp³-hybridized carbons (Fsp3) is 0.0400. The standard InChI is InChI=1S/C25H17N3O7S/c29-22-21(23(30)27(25(36)26-22)18-5-2-4-17(13-18)24(31)32)12-15-7-9-20(10-8-15)35-14-16-3-1-6-19(11-16)28(33)34/h1-13H,14H2,(H,31,32)(H,26,29,36). The van der Waals surface area contributed by atoms with Crippen LogP contribution >= 0.6 is 12.2 Å². The number of nitrogens with zero attached hydrogens (tertiary/aromatic N) is 2. The molecule has 0 spiro atoms. The Hall–Kier alpha value is -4.90. The largest absolute Gasteiger partial charge is 0.489 e. The highest BCUT2D eigenvalue weighted by Crippen LogP contribution is 2.24. The zero-order chi connectivity index (χ0) is 25.8. The predicted octanol–water partition coefficient (Wildman–Crippen LogP) is 3.70. The number of aromatic carboxylic acids is 1. The molecule has 11 heteroatoms. The summed E-state index contributed by atoms with van der Waals surface area (Å²) in [5, 5.41) is 22.4. The van der Waals surface area contributed by atoms with Crippen molar-refractivity contribution < 1.29 is 29.2 Å². The van der Waals surface area contributed by atoms with Crippen LogP contribution in [0.2, 0.25) is 0 Å². The quantitative estimate of drug-likeness (QED) is 0.164. The van der Waals surface area contributed by atoms with Crippen molar-refractivity contribution in [2.75, 3.05) is 4.90 Å². The number of rotatable bonds is 7. The second-order valence-electron chi connectivity index (χ2n) is 7.60. The number of nitrogens with one attached hydrogen (secondary N) is 1. The molecule has 0 saturated carbocycles. The molecule has 1 fully saturated rings. The molecular weight excluding hydrogens is 486 g/mol. The van der Waals surface area contributed by atoms with Crippen LogP contribution in [0.5, 0.6) is 5.75 Å². The van der Waals surface area contributed by atoms with E-state index in [2.05, 4.69) is 5.32 Å². The second-order valence-corrected chi connectivity index (χ2v) is 7.98. The van der Waals surface area contributed by atoms with Crippen LogP contribution in [0.4, 0.5) is 11.4 Å². The van der Waals surface area contributed by atoms with Gasteiger partial charge in [-0.15, -0.1) is 0 Å². The minimum absolute atomic E-state index is 0.0308. The molecule has 0 unspecified atom stereocenters. The first-order chi connectivity index (χ1) is 17.2. The molecule has 1 saturated heterocycles. The molecule has 0 radical (unpaired) electrons. The lowest BCUT2D eigenvalue weighted by atomic mass is 10.1. The molecule has 2 amide bonds. The lowest BCUT2D eigenvalue weighted by Gasteiger charge is -2.29. The van der Waals surface area contributed by atoms with Gasteiger partial charge in [-0.3, -0.25) is 29.9 Å². The minimum Gasteiger partial charge on any atom is -0.489 e. The van der Waals surface area contributed by atoms with Crippen molar-refractivity contribution in [2.45, 2.75) is 6.61 Å². The zero-order valence-electron chi connectivity index (χ0n) is 18.4. The molecule has 180 valence electrons. The summed E-state index contributed by atoms with van der Waals surface area (Å²) >= 11 is 5.14. The number of benzene rings is 3. The summed E-state index contributed by atoms with van der Waals surface area (Å²) in [5.74, 6) is -2.06. The molecular formula is C25H17N3O7S. The van der Waals surface area contributed by atoms with Gasteiger partial charge in [0.1, 0.15) is 17.9 Å². The summed E-state index contributed by atoms with van der Waals surface area (Å²) in [6, 6.07) is 18.3. The van der Waals surface area contributed by atoms with Gasteiger partial charge in [0, 0.05) is 12.1 Å². The van der Waals surface area contributed by atoms with Crippen LogP contribution in [0.15, 0.2) is 78.4 Å². The molecule has 36 heavy (non-hydrogen) atoms. The molecule has 3 aromatic rings. The Morgan fingerprint density at radius 3 is 2.50 bits per heavy atom. The molecule has 10 nitrogen and oxygen atoms in total. The fourth-order valence-electron chi connectivity index (χ4n) is 3.42. The lowest BCUT2D eigenvalue weighted by Crippen LogP contribution is -2.54. The Morgan fingerprint density at radius 2 is 1.81 bits per heavy atom. The highest BCUT2D eigenvalue weighted by atomic mass is 32.1. The number of carboxylic acid groups (broad SMARTS) is 1. The van der Waals surface area contributed by atoms with E-state index in [0.29, 0.717) is 16.9 Å². The van der Waals surface area contributed by atoms with Gasteiger partial charge in [-0.25, -0.2) is 4.79 Å². The highest BCUT2D eigenvalue weighted by Gasteiger charge is 2.34. The van der Waals surface area contributed by atoms with Crippen LogP contribution < -0.4 is 15.0 Å². The molecule has 0 aromatic heterocycles. The first-order valence-corrected chi connectivity index (χ1v) is 10.8. The van der Waals surface area contributed by atoms with Crippen molar-refractivity contribution in [2.24, 2.45) is 0 Å². The molecule has 4 rings (SSSR count). The number of hydrogen-bond donors (Lipinski definition) is 2. The number of carboxylic acids is 1. The van der Waals surface area contributed by atoms with E-state index in [1.165, 1.54) is 42.5 Å². The molecule has 1 aliphatic heterocycles. The van der Waals surface area contributed by atoms with Crippen LogP contribution in [-0.2, 0) is 16.2 Å². The SMILES string of the molecule is O=C1NC(=S)N(c2cccc(C(=O)O)c2)C(=O)C1=Cc1ccc(OCc2cccc([N+](=O)[O-])c2)cc1. The molecule has 1 heterocycles. The zero-order valence-corrected chi connectivity index (χ0v) is 19.2. The number of nitro benzene ring substituents is 1. The molecule has 2 N–H and O–H groups in total. The van der Waals surface area contributed by atoms with E-state index in [1.54, 1.807) is 36.4 Å². The normalized spacial score (nSPS) is 14.5. The smallest absolute Gasteiger partial charge is 0.335 e. The van der Waals surface area contributed by atoms with Gasteiger partial charge >= 0.3 is 5.97 Å². The topological polar surface area (TPSA) is 139 Å². The third kappa shape index (κ3) is 5.26. The van der Waals surface area contributed by atoms with E-state index in [-0.39, 0.29) is 34.2 Å². The summed E-state index contributed by atoms with van der Waals surface area (Å²) in [4.78, 5) is 48.4.